The molecule has 2 unspecified atom stereocenters. The van der Waals surface area contributed by atoms with Crippen molar-refractivity contribution in [3.8, 4) is 0 Å². The van der Waals surface area contributed by atoms with Crippen LogP contribution in [0.1, 0.15) is 194 Å². The normalized spacial score (nSPS) is 20.0. The number of unbranched alkanes of at least 4 members (excludes halogenated alkanes) is 18. The molecule has 1 aliphatic rings. The Morgan fingerprint density at radius 2 is 0.955 bits per heavy atom. The van der Waals surface area contributed by atoms with Crippen molar-refractivity contribution in [1.82, 2.24) is 0 Å². The first kappa shape index (κ1) is 61.1. The molecule has 0 aliphatic carbocycles. The number of hydrogen-bond acceptors (Lipinski definition) is 11. The molecule has 0 amide bonds. The lowest BCUT2D eigenvalue weighted by atomic mass is 10.00. The fraction of sp³-hybridized carbons (Fsp3) is 0.736. The molecule has 13 heteroatoms. The highest BCUT2D eigenvalue weighted by Crippen LogP contribution is 2.24. The molecule has 0 aromatic rings. The number of carbonyl (C=O) groups is 2. The number of aliphatic hydroxyl groups is 3. The maximum atomic E-state index is 12.9. The summed E-state index contributed by atoms with van der Waals surface area (Å²) in [5.41, 5.74) is 0. The minimum atomic E-state index is -4.61. The van der Waals surface area contributed by atoms with Crippen LogP contribution < -0.4 is 0 Å². The summed E-state index contributed by atoms with van der Waals surface area (Å²) in [6.07, 6.45) is 45.1. The predicted octanol–water partition coefficient (Wildman–Crippen LogP) is 11.5. The molecule has 0 spiro atoms. The minimum Gasteiger partial charge on any atom is -0.462 e. The highest BCUT2D eigenvalue weighted by atomic mass is 32.2. The van der Waals surface area contributed by atoms with Gasteiger partial charge in [-0.3, -0.25) is 14.1 Å². The van der Waals surface area contributed by atoms with Gasteiger partial charge in [-0.15, -0.1) is 0 Å². The van der Waals surface area contributed by atoms with E-state index in [4.69, 9.17) is 18.9 Å². The molecule has 1 fully saturated rings. The lowest BCUT2D eigenvalue weighted by Gasteiger charge is -2.40. The Hall–Kier alpha value is -2.91. The van der Waals surface area contributed by atoms with Gasteiger partial charge in [0, 0.05) is 12.8 Å². The molecule has 1 rings (SSSR count). The average Bonchev–Trinajstić information content (AvgIpc) is 3.28. The lowest BCUT2D eigenvalue weighted by Crippen LogP contribution is -2.60. The standard InChI is InChI=1S/C53H90O12S/c1-3-5-7-9-11-13-15-17-19-21-23-25-27-29-31-33-35-37-39-41-48(54)62-43-46(44-63-53-52(58)51(57)50(56)47(65-53)45-66(59,60)61)64-49(55)42-40-38-36-34-32-30-28-26-24-22-20-18-16-14-12-10-8-6-4-2/h6,8,12,14,17-20,24,26,30,32,46-47,50-53,56-58H,3-5,7,9-11,13,15-16,21-23,25,27-29,31,33-45H2,1-2H3,(H,59,60,61)/b8-6+,14-12+,19-17+,20-18+,26-24+,32-30+/t46-,47-,50-,51?,52?,53+/m1/s1. The number of allylic oxidation sites excluding steroid dienone is 12. The predicted molar refractivity (Wildman–Crippen MR) is 265 cm³/mol. The molecule has 0 aromatic carbocycles. The summed E-state index contributed by atoms with van der Waals surface area (Å²) >= 11 is 0. The molecule has 1 aliphatic heterocycles. The summed E-state index contributed by atoms with van der Waals surface area (Å²) in [5.74, 6) is -2.03. The summed E-state index contributed by atoms with van der Waals surface area (Å²) in [4.78, 5) is 25.5. The Balaban J connectivity index is 2.42. The Morgan fingerprint density at radius 1 is 0.530 bits per heavy atom. The maximum Gasteiger partial charge on any atom is 0.306 e. The second-order valence-corrected chi connectivity index (χ2v) is 18.9. The molecule has 0 radical (unpaired) electrons. The number of rotatable bonds is 42. The Kier molecular flexibility index (Phi) is 39.1. The van der Waals surface area contributed by atoms with Crippen LogP contribution in [0.3, 0.4) is 0 Å². The SMILES string of the molecule is CC/C=C/C/C=C/C/C=C/C/C=C/C/C=C/CCCCCC(=O)O[C@H](COC(=O)CCCCCCCCCCC/C=C/CCCCCCCC)CO[C@H]1O[C@H](CS(=O)(=O)O)[C@@H](O)C(O)C1O. The molecule has 6 atom stereocenters. The first-order chi connectivity index (χ1) is 32.0. The molecule has 66 heavy (non-hydrogen) atoms. The van der Waals surface area contributed by atoms with E-state index in [9.17, 15) is 37.9 Å². The summed E-state index contributed by atoms with van der Waals surface area (Å²) in [6.45, 7) is 3.63. The van der Waals surface area contributed by atoms with Gasteiger partial charge in [0.15, 0.2) is 12.4 Å². The van der Waals surface area contributed by atoms with E-state index in [1.54, 1.807) is 0 Å². The number of ether oxygens (including phenoxy) is 4. The second-order valence-electron chi connectivity index (χ2n) is 17.4. The summed E-state index contributed by atoms with van der Waals surface area (Å²) in [6, 6.07) is 0. The zero-order valence-electron chi connectivity index (χ0n) is 40.8. The van der Waals surface area contributed by atoms with E-state index >= 15 is 0 Å². The molecular formula is C53H90O12S. The van der Waals surface area contributed by atoms with Gasteiger partial charge in [0.25, 0.3) is 10.1 Å². The van der Waals surface area contributed by atoms with Crippen LogP contribution in [-0.2, 0) is 38.7 Å². The van der Waals surface area contributed by atoms with E-state index < -0.39 is 71.2 Å². The third-order valence-corrected chi connectivity index (χ3v) is 12.0. The van der Waals surface area contributed by atoms with Gasteiger partial charge in [0.1, 0.15) is 36.8 Å². The van der Waals surface area contributed by atoms with Crippen LogP contribution in [0.25, 0.3) is 0 Å². The molecule has 380 valence electrons. The van der Waals surface area contributed by atoms with Gasteiger partial charge in [0.2, 0.25) is 0 Å². The Morgan fingerprint density at radius 3 is 1.45 bits per heavy atom. The summed E-state index contributed by atoms with van der Waals surface area (Å²) in [7, 11) is -4.61. The van der Waals surface area contributed by atoms with Crippen molar-refractivity contribution < 1.29 is 56.8 Å². The van der Waals surface area contributed by atoms with E-state index in [0.717, 1.165) is 70.6 Å². The van der Waals surface area contributed by atoms with Gasteiger partial charge in [-0.25, -0.2) is 0 Å². The quantitative estimate of drug-likeness (QED) is 0.0197. The summed E-state index contributed by atoms with van der Waals surface area (Å²) in [5, 5.41) is 31.0. The topological polar surface area (TPSA) is 186 Å². The number of carbonyl (C=O) groups excluding carboxylic acids is 2. The molecule has 4 N–H and O–H groups in total. The van der Waals surface area contributed by atoms with E-state index in [0.29, 0.717) is 12.8 Å². The average molecular weight is 951 g/mol. The molecule has 1 heterocycles. The van der Waals surface area contributed by atoms with Crippen LogP contribution in [0.2, 0.25) is 0 Å². The lowest BCUT2D eigenvalue weighted by molar-refractivity contribution is -0.297. The smallest absolute Gasteiger partial charge is 0.306 e. The first-order valence-corrected chi connectivity index (χ1v) is 27.1. The van der Waals surface area contributed by atoms with E-state index in [2.05, 4.69) is 86.8 Å². The van der Waals surface area contributed by atoms with Crippen molar-refractivity contribution in [3.05, 3.63) is 72.9 Å². The first-order valence-electron chi connectivity index (χ1n) is 25.5. The molecule has 0 saturated carbocycles. The van der Waals surface area contributed by atoms with Crippen LogP contribution >= 0.6 is 0 Å². The molecular weight excluding hydrogens is 861 g/mol. The highest BCUT2D eigenvalue weighted by molar-refractivity contribution is 7.85. The van der Waals surface area contributed by atoms with Crippen molar-refractivity contribution in [1.29, 1.82) is 0 Å². The molecule has 1 saturated heterocycles. The number of hydrogen-bond donors (Lipinski definition) is 4. The van der Waals surface area contributed by atoms with Crippen LogP contribution in [-0.4, -0.2) is 96.0 Å². The Labute approximate surface area is 399 Å². The third kappa shape index (κ3) is 36.2. The maximum absolute atomic E-state index is 12.9. The monoisotopic (exact) mass is 951 g/mol. The highest BCUT2D eigenvalue weighted by Gasteiger charge is 2.46. The van der Waals surface area contributed by atoms with Gasteiger partial charge in [-0.1, -0.05) is 170 Å². The summed E-state index contributed by atoms with van der Waals surface area (Å²) < 4.78 is 54.2. The van der Waals surface area contributed by atoms with Crippen molar-refractivity contribution in [2.24, 2.45) is 0 Å². The number of aliphatic hydroxyl groups excluding tert-OH is 3. The zero-order chi connectivity index (χ0) is 48.4. The van der Waals surface area contributed by atoms with E-state index in [-0.39, 0.29) is 19.4 Å². The number of esters is 2. The van der Waals surface area contributed by atoms with Crippen LogP contribution in [0.15, 0.2) is 72.9 Å². The van der Waals surface area contributed by atoms with Crippen molar-refractivity contribution in [2.45, 2.75) is 230 Å². The second kappa shape index (κ2) is 42.2. The minimum absolute atomic E-state index is 0.122. The third-order valence-electron chi connectivity index (χ3n) is 11.3. The van der Waals surface area contributed by atoms with Gasteiger partial charge in [0.05, 0.1) is 6.61 Å². The van der Waals surface area contributed by atoms with Crippen LogP contribution in [0.5, 0.6) is 0 Å². The van der Waals surface area contributed by atoms with E-state index in [1.165, 1.54) is 83.5 Å². The van der Waals surface area contributed by atoms with Crippen LogP contribution in [0, 0.1) is 0 Å². The zero-order valence-corrected chi connectivity index (χ0v) is 41.6. The van der Waals surface area contributed by atoms with Crippen LogP contribution in [0.4, 0.5) is 0 Å². The largest absolute Gasteiger partial charge is 0.462 e. The van der Waals surface area contributed by atoms with Gasteiger partial charge < -0.3 is 34.3 Å². The fourth-order valence-corrected chi connectivity index (χ4v) is 8.04. The molecule has 0 bridgehead atoms. The van der Waals surface area contributed by atoms with Crippen molar-refractivity contribution in [3.63, 3.8) is 0 Å². The van der Waals surface area contributed by atoms with Gasteiger partial charge in [-0.2, -0.15) is 8.42 Å². The Bertz CT molecular complexity index is 1490. The van der Waals surface area contributed by atoms with E-state index in [1.807, 2.05) is 0 Å². The van der Waals surface area contributed by atoms with Crippen molar-refractivity contribution in [2.75, 3.05) is 19.0 Å². The molecule has 12 nitrogen and oxygen atoms in total. The van der Waals surface area contributed by atoms with Gasteiger partial charge in [-0.05, 0) is 83.5 Å². The molecule has 0 aromatic heterocycles. The van der Waals surface area contributed by atoms with Gasteiger partial charge >= 0.3 is 11.9 Å². The fourth-order valence-electron chi connectivity index (χ4n) is 7.34. The van der Waals surface area contributed by atoms with Crippen molar-refractivity contribution >= 4 is 22.1 Å².